The molecule has 1 aromatic carbocycles. The van der Waals surface area contributed by atoms with Crippen molar-refractivity contribution in [3.05, 3.63) is 47.1 Å². The SMILES string of the molecule is Fc1ccc(F)c(O[C@H](c2cnco2)C2CCNC2)c1Cl. The molecule has 1 aliphatic heterocycles. The minimum absolute atomic E-state index is 0.0664. The van der Waals surface area contributed by atoms with Crippen LogP contribution in [0.4, 0.5) is 8.78 Å². The van der Waals surface area contributed by atoms with Gasteiger partial charge in [-0.1, -0.05) is 11.6 Å². The Balaban J connectivity index is 1.93. The van der Waals surface area contributed by atoms with E-state index in [-0.39, 0.29) is 16.7 Å². The Bertz CT molecular complexity index is 616. The summed E-state index contributed by atoms with van der Waals surface area (Å²) in [5, 5.41) is 2.83. The van der Waals surface area contributed by atoms with E-state index in [9.17, 15) is 8.78 Å². The molecule has 2 atom stereocenters. The van der Waals surface area contributed by atoms with Crippen molar-refractivity contribution in [3.63, 3.8) is 0 Å². The van der Waals surface area contributed by atoms with Gasteiger partial charge in [-0.25, -0.2) is 13.8 Å². The quantitative estimate of drug-likeness (QED) is 0.879. The third-order valence-electron chi connectivity index (χ3n) is 3.51. The molecule has 3 rings (SSSR count). The minimum Gasteiger partial charge on any atom is -0.477 e. The molecule has 1 aliphatic rings. The predicted octanol–water partition coefficient (Wildman–Crippen LogP) is 3.34. The number of hydrogen-bond donors (Lipinski definition) is 1. The minimum atomic E-state index is -0.728. The number of rotatable bonds is 4. The van der Waals surface area contributed by atoms with E-state index in [0.29, 0.717) is 12.3 Å². The zero-order valence-corrected chi connectivity index (χ0v) is 11.7. The molecule has 21 heavy (non-hydrogen) atoms. The Morgan fingerprint density at radius 2 is 2.19 bits per heavy atom. The van der Waals surface area contributed by atoms with Crippen molar-refractivity contribution in [2.45, 2.75) is 12.5 Å². The van der Waals surface area contributed by atoms with Gasteiger partial charge >= 0.3 is 0 Å². The van der Waals surface area contributed by atoms with Crippen molar-refractivity contribution >= 4 is 11.6 Å². The lowest BCUT2D eigenvalue weighted by Crippen LogP contribution is -2.21. The first kappa shape index (κ1) is 14.3. The van der Waals surface area contributed by atoms with Crippen molar-refractivity contribution in [1.82, 2.24) is 10.3 Å². The molecular weight excluding hydrogens is 302 g/mol. The summed E-state index contributed by atoms with van der Waals surface area (Å²) in [6.45, 7) is 1.53. The van der Waals surface area contributed by atoms with Crippen LogP contribution in [0.1, 0.15) is 18.3 Å². The summed E-state index contributed by atoms with van der Waals surface area (Å²) >= 11 is 5.81. The molecular formula is C14H13ClF2N2O2. The van der Waals surface area contributed by atoms with Crippen LogP contribution < -0.4 is 10.1 Å². The number of hydrogen-bond acceptors (Lipinski definition) is 4. The molecule has 112 valence electrons. The Morgan fingerprint density at radius 1 is 1.38 bits per heavy atom. The second-order valence-corrected chi connectivity index (χ2v) is 5.25. The average Bonchev–Trinajstić information content (AvgIpc) is 3.16. The smallest absolute Gasteiger partial charge is 0.181 e. The molecule has 7 heteroatoms. The zero-order chi connectivity index (χ0) is 14.8. The predicted molar refractivity (Wildman–Crippen MR) is 72.2 cm³/mol. The number of aromatic nitrogens is 1. The van der Waals surface area contributed by atoms with Crippen molar-refractivity contribution in [2.75, 3.05) is 13.1 Å². The van der Waals surface area contributed by atoms with Crippen LogP contribution in [0, 0.1) is 17.6 Å². The van der Waals surface area contributed by atoms with Gasteiger partial charge in [0.15, 0.2) is 29.8 Å². The molecule has 4 nitrogen and oxygen atoms in total. The van der Waals surface area contributed by atoms with Gasteiger partial charge in [-0.3, -0.25) is 0 Å². The molecule has 2 heterocycles. The van der Waals surface area contributed by atoms with Gasteiger partial charge in [0.25, 0.3) is 0 Å². The molecule has 0 amide bonds. The number of oxazole rings is 1. The van der Waals surface area contributed by atoms with E-state index >= 15 is 0 Å². The van der Waals surface area contributed by atoms with Gasteiger partial charge in [-0.2, -0.15) is 0 Å². The maximum atomic E-state index is 13.9. The van der Waals surface area contributed by atoms with Crippen LogP contribution in [0.3, 0.4) is 0 Å². The summed E-state index contributed by atoms with van der Waals surface area (Å²) in [4.78, 5) is 3.85. The lowest BCUT2D eigenvalue weighted by Gasteiger charge is -2.23. The summed E-state index contributed by atoms with van der Waals surface area (Å²) in [7, 11) is 0. The number of ether oxygens (including phenoxy) is 1. The molecule has 1 N–H and O–H groups in total. The average molecular weight is 315 g/mol. The second-order valence-electron chi connectivity index (χ2n) is 4.87. The third-order valence-corrected chi connectivity index (χ3v) is 3.86. The van der Waals surface area contributed by atoms with Gasteiger partial charge in [-0.15, -0.1) is 0 Å². The van der Waals surface area contributed by atoms with Gasteiger partial charge in [0.1, 0.15) is 10.8 Å². The van der Waals surface area contributed by atoms with Crippen molar-refractivity contribution in [1.29, 1.82) is 0 Å². The largest absolute Gasteiger partial charge is 0.477 e. The molecule has 0 radical (unpaired) electrons. The molecule has 1 unspecified atom stereocenters. The topological polar surface area (TPSA) is 47.3 Å². The van der Waals surface area contributed by atoms with Crippen LogP contribution in [0.15, 0.2) is 29.1 Å². The van der Waals surface area contributed by atoms with E-state index in [1.807, 2.05) is 0 Å². The van der Waals surface area contributed by atoms with Crippen LogP contribution in [0.2, 0.25) is 5.02 Å². The van der Waals surface area contributed by atoms with E-state index in [0.717, 1.165) is 25.1 Å². The zero-order valence-electron chi connectivity index (χ0n) is 11.0. The highest BCUT2D eigenvalue weighted by Gasteiger charge is 2.32. The fourth-order valence-corrected chi connectivity index (χ4v) is 2.63. The second kappa shape index (κ2) is 5.99. The summed E-state index contributed by atoms with van der Waals surface area (Å²) in [6.07, 6.45) is 3.04. The van der Waals surface area contributed by atoms with E-state index < -0.39 is 17.7 Å². The highest BCUT2D eigenvalue weighted by atomic mass is 35.5. The summed E-state index contributed by atoms with van der Waals surface area (Å²) in [5.41, 5.74) is 0. The van der Waals surface area contributed by atoms with Gasteiger partial charge in [0.05, 0.1) is 6.20 Å². The fraction of sp³-hybridized carbons (Fsp3) is 0.357. The maximum Gasteiger partial charge on any atom is 0.181 e. The fourth-order valence-electron chi connectivity index (χ4n) is 2.43. The van der Waals surface area contributed by atoms with E-state index in [4.69, 9.17) is 20.8 Å². The highest BCUT2D eigenvalue weighted by Crippen LogP contribution is 2.37. The molecule has 1 saturated heterocycles. The number of benzene rings is 1. The lowest BCUT2D eigenvalue weighted by atomic mass is 10.00. The lowest BCUT2D eigenvalue weighted by molar-refractivity contribution is 0.114. The molecule has 0 spiro atoms. The maximum absolute atomic E-state index is 13.9. The first-order valence-corrected chi connectivity index (χ1v) is 6.94. The Labute approximate surface area is 125 Å². The Morgan fingerprint density at radius 3 is 2.86 bits per heavy atom. The molecule has 0 aliphatic carbocycles. The van der Waals surface area contributed by atoms with Crippen LogP contribution in [0.25, 0.3) is 0 Å². The van der Waals surface area contributed by atoms with Crippen molar-refractivity contribution in [3.8, 4) is 5.75 Å². The van der Waals surface area contributed by atoms with Gasteiger partial charge < -0.3 is 14.5 Å². The highest BCUT2D eigenvalue weighted by molar-refractivity contribution is 6.32. The number of nitrogens with zero attached hydrogens (tertiary/aromatic N) is 1. The van der Waals surface area contributed by atoms with E-state index in [1.54, 1.807) is 0 Å². The monoisotopic (exact) mass is 314 g/mol. The first-order valence-electron chi connectivity index (χ1n) is 6.56. The van der Waals surface area contributed by atoms with Crippen LogP contribution in [-0.4, -0.2) is 18.1 Å². The molecule has 1 fully saturated rings. The summed E-state index contributed by atoms with van der Waals surface area (Å²) < 4.78 is 38.3. The number of halogens is 3. The van der Waals surface area contributed by atoms with Gasteiger partial charge in [-0.05, 0) is 25.1 Å². The van der Waals surface area contributed by atoms with Crippen LogP contribution in [0.5, 0.6) is 5.75 Å². The third kappa shape index (κ3) is 2.87. The van der Waals surface area contributed by atoms with Gasteiger partial charge in [0.2, 0.25) is 0 Å². The van der Waals surface area contributed by atoms with E-state index in [2.05, 4.69) is 10.3 Å². The molecule has 1 aromatic heterocycles. The van der Waals surface area contributed by atoms with Crippen molar-refractivity contribution in [2.24, 2.45) is 5.92 Å². The van der Waals surface area contributed by atoms with E-state index in [1.165, 1.54) is 12.6 Å². The number of nitrogens with one attached hydrogen (secondary N) is 1. The van der Waals surface area contributed by atoms with Crippen molar-refractivity contribution < 1.29 is 17.9 Å². The Kier molecular flexibility index (Phi) is 4.07. The summed E-state index contributed by atoms with van der Waals surface area (Å²) in [5.74, 6) is -1.21. The molecule has 2 aromatic rings. The normalized spacial score (nSPS) is 19.7. The van der Waals surface area contributed by atoms with Crippen LogP contribution >= 0.6 is 11.6 Å². The van der Waals surface area contributed by atoms with Gasteiger partial charge in [0, 0.05) is 12.5 Å². The standard InChI is InChI=1S/C14H13ClF2N2O2/c15-12-9(16)1-2-10(17)14(12)21-13(8-3-4-18-5-8)11-6-19-7-20-11/h1-2,6-8,13,18H,3-5H2/t8?,13-/m0/s1. The summed E-state index contributed by atoms with van der Waals surface area (Å²) in [6, 6.07) is 1.95. The Hall–Kier alpha value is -1.66. The molecule has 0 bridgehead atoms. The molecule has 0 saturated carbocycles. The van der Waals surface area contributed by atoms with Crippen LogP contribution in [-0.2, 0) is 0 Å². The first-order chi connectivity index (χ1) is 10.2.